The number of esters is 1. The molecule has 0 amide bonds. The number of hydrogen-bond donors (Lipinski definition) is 0. The molecular formula is C19H27NO3. The quantitative estimate of drug-likeness (QED) is 0.564. The van der Waals surface area contributed by atoms with E-state index in [9.17, 15) is 4.79 Å². The number of carbonyl (C=O) groups is 1. The van der Waals surface area contributed by atoms with Gasteiger partial charge in [-0.15, -0.1) is 0 Å². The Balaban J connectivity index is 1.94. The van der Waals surface area contributed by atoms with E-state index >= 15 is 0 Å². The number of benzene rings is 1. The van der Waals surface area contributed by atoms with E-state index < -0.39 is 0 Å². The van der Waals surface area contributed by atoms with E-state index in [2.05, 4.69) is 18.8 Å². The van der Waals surface area contributed by atoms with Crippen molar-refractivity contribution in [2.75, 3.05) is 7.11 Å². The van der Waals surface area contributed by atoms with Gasteiger partial charge >= 0.3 is 5.97 Å². The van der Waals surface area contributed by atoms with Crippen molar-refractivity contribution in [3.8, 4) is 0 Å². The Hall–Kier alpha value is -1.84. The summed E-state index contributed by atoms with van der Waals surface area (Å²) in [7, 11) is 1.58. The Labute approximate surface area is 138 Å². The Morgan fingerprint density at radius 2 is 1.96 bits per heavy atom. The molecule has 3 atom stereocenters. The molecule has 0 aliphatic carbocycles. The van der Waals surface area contributed by atoms with Crippen LogP contribution in [0.3, 0.4) is 0 Å². The summed E-state index contributed by atoms with van der Waals surface area (Å²) >= 11 is 0. The van der Waals surface area contributed by atoms with Crippen LogP contribution in [0.25, 0.3) is 0 Å². The maximum absolute atomic E-state index is 12.5. The first kappa shape index (κ1) is 17.5. The summed E-state index contributed by atoms with van der Waals surface area (Å²) in [6, 6.07) is 9.88. The van der Waals surface area contributed by atoms with E-state index in [1.54, 1.807) is 7.11 Å². The summed E-state index contributed by atoms with van der Waals surface area (Å²) in [5.41, 5.74) is 0.988. The van der Waals surface area contributed by atoms with Gasteiger partial charge in [-0.05, 0) is 12.0 Å². The van der Waals surface area contributed by atoms with Crippen molar-refractivity contribution in [3.63, 3.8) is 0 Å². The molecule has 1 aromatic carbocycles. The lowest BCUT2D eigenvalue weighted by atomic mass is 9.88. The summed E-state index contributed by atoms with van der Waals surface area (Å²) < 4.78 is 10.8. The van der Waals surface area contributed by atoms with E-state index in [1.165, 1.54) is 12.8 Å². The first-order valence-corrected chi connectivity index (χ1v) is 8.49. The molecule has 1 aliphatic heterocycles. The van der Waals surface area contributed by atoms with E-state index in [0.29, 0.717) is 12.5 Å². The second-order valence-electron chi connectivity index (χ2n) is 6.16. The third-order valence-electron chi connectivity index (χ3n) is 4.48. The molecule has 0 fully saturated rings. The normalized spacial score (nSPS) is 23.4. The van der Waals surface area contributed by atoms with Gasteiger partial charge in [-0.25, -0.2) is 0 Å². The maximum Gasteiger partial charge on any atom is 0.319 e. The lowest BCUT2D eigenvalue weighted by Gasteiger charge is -2.19. The number of aliphatic imine (C=N–C) groups is 1. The zero-order valence-corrected chi connectivity index (χ0v) is 14.3. The Morgan fingerprint density at radius 1 is 1.22 bits per heavy atom. The lowest BCUT2D eigenvalue weighted by Crippen LogP contribution is -2.31. The van der Waals surface area contributed by atoms with Crippen molar-refractivity contribution in [2.24, 2.45) is 16.8 Å². The van der Waals surface area contributed by atoms with Gasteiger partial charge in [-0.1, -0.05) is 63.4 Å². The number of ether oxygens (including phenoxy) is 2. The van der Waals surface area contributed by atoms with E-state index in [1.807, 2.05) is 30.3 Å². The lowest BCUT2D eigenvalue weighted by molar-refractivity contribution is -0.149. The minimum Gasteiger partial charge on any atom is -0.484 e. The largest absolute Gasteiger partial charge is 0.484 e. The molecule has 4 heteroatoms. The van der Waals surface area contributed by atoms with Crippen LogP contribution in [0.2, 0.25) is 0 Å². The van der Waals surface area contributed by atoms with Crippen molar-refractivity contribution in [1.29, 1.82) is 0 Å². The second-order valence-corrected chi connectivity index (χ2v) is 6.16. The van der Waals surface area contributed by atoms with Gasteiger partial charge in [0.15, 0.2) is 5.90 Å². The molecule has 1 aromatic rings. The summed E-state index contributed by atoms with van der Waals surface area (Å²) in [6.45, 7) is 4.55. The summed E-state index contributed by atoms with van der Waals surface area (Å²) in [6.07, 6.45) is 4.52. The van der Waals surface area contributed by atoms with Gasteiger partial charge < -0.3 is 9.47 Å². The zero-order chi connectivity index (χ0) is 16.7. The van der Waals surface area contributed by atoms with Crippen molar-refractivity contribution in [3.05, 3.63) is 35.9 Å². The average molecular weight is 317 g/mol. The molecule has 0 saturated carbocycles. The van der Waals surface area contributed by atoms with Gasteiger partial charge in [0.2, 0.25) is 0 Å². The minimum absolute atomic E-state index is 0.130. The number of unbranched alkanes of at least 4 members (excludes halogenated alkanes) is 2. The fourth-order valence-corrected chi connectivity index (χ4v) is 3.05. The minimum atomic E-state index is -0.379. The highest BCUT2D eigenvalue weighted by molar-refractivity contribution is 5.99. The number of hydrogen-bond acceptors (Lipinski definition) is 4. The number of methoxy groups -OCH3 is 1. The third kappa shape index (κ3) is 4.57. The zero-order valence-electron chi connectivity index (χ0n) is 14.3. The molecule has 0 spiro atoms. The molecule has 126 valence electrons. The first-order chi connectivity index (χ1) is 11.2. The van der Waals surface area contributed by atoms with Gasteiger partial charge in [0.1, 0.15) is 12.5 Å². The van der Waals surface area contributed by atoms with Crippen molar-refractivity contribution in [2.45, 2.75) is 52.2 Å². The monoisotopic (exact) mass is 317 g/mol. The van der Waals surface area contributed by atoms with Crippen LogP contribution in [0.5, 0.6) is 0 Å². The van der Waals surface area contributed by atoms with Crippen molar-refractivity contribution >= 4 is 11.9 Å². The Kier molecular flexibility index (Phi) is 6.63. The SMILES string of the molecule is CCCCCC1N=C(OC)C(C(=O)OCc2ccccc2)C1C. The van der Waals surface area contributed by atoms with Crippen LogP contribution in [-0.4, -0.2) is 25.0 Å². The van der Waals surface area contributed by atoms with Crippen molar-refractivity contribution in [1.82, 2.24) is 0 Å². The van der Waals surface area contributed by atoms with Gasteiger partial charge in [0.25, 0.3) is 0 Å². The molecule has 4 nitrogen and oxygen atoms in total. The summed E-state index contributed by atoms with van der Waals surface area (Å²) in [5.74, 6) is 0.0393. The first-order valence-electron chi connectivity index (χ1n) is 8.49. The molecule has 1 aliphatic rings. The van der Waals surface area contributed by atoms with Crippen LogP contribution in [0.1, 0.15) is 45.1 Å². The highest BCUT2D eigenvalue weighted by Gasteiger charge is 2.42. The molecule has 23 heavy (non-hydrogen) atoms. The fourth-order valence-electron chi connectivity index (χ4n) is 3.05. The van der Waals surface area contributed by atoms with Crippen LogP contribution >= 0.6 is 0 Å². The Morgan fingerprint density at radius 3 is 2.61 bits per heavy atom. The van der Waals surface area contributed by atoms with Crippen LogP contribution in [0, 0.1) is 11.8 Å². The number of nitrogens with zero attached hydrogens (tertiary/aromatic N) is 1. The molecular weight excluding hydrogens is 290 g/mol. The van der Waals surface area contributed by atoms with Gasteiger partial charge in [0, 0.05) is 5.92 Å². The van der Waals surface area contributed by atoms with Gasteiger partial charge in [0.05, 0.1) is 13.2 Å². The standard InChI is InChI=1S/C19H27NO3/c1-4-5-7-12-16-14(2)17(18(20-16)22-3)19(21)23-13-15-10-8-6-9-11-15/h6,8-11,14,16-17H,4-5,7,12-13H2,1-3H3. The molecule has 2 rings (SSSR count). The van der Waals surface area contributed by atoms with Crippen LogP contribution in [-0.2, 0) is 20.9 Å². The number of carbonyl (C=O) groups excluding carboxylic acids is 1. The maximum atomic E-state index is 12.5. The van der Waals surface area contributed by atoms with E-state index in [-0.39, 0.29) is 23.8 Å². The summed E-state index contributed by atoms with van der Waals surface area (Å²) in [5, 5.41) is 0. The molecule has 0 radical (unpaired) electrons. The molecule has 0 bridgehead atoms. The molecule has 1 heterocycles. The summed E-state index contributed by atoms with van der Waals surface area (Å²) in [4.78, 5) is 17.1. The molecule has 3 unspecified atom stereocenters. The van der Waals surface area contributed by atoms with Crippen LogP contribution < -0.4 is 0 Å². The predicted molar refractivity (Wildman–Crippen MR) is 91.3 cm³/mol. The second kappa shape index (κ2) is 8.70. The molecule has 0 saturated heterocycles. The van der Waals surface area contributed by atoms with Crippen LogP contribution in [0.4, 0.5) is 0 Å². The average Bonchev–Trinajstić information content (AvgIpc) is 2.90. The molecule has 0 N–H and O–H groups in total. The number of rotatable bonds is 7. The van der Waals surface area contributed by atoms with Gasteiger partial charge in [-0.2, -0.15) is 0 Å². The van der Waals surface area contributed by atoms with Crippen LogP contribution in [0.15, 0.2) is 35.3 Å². The Bertz CT molecular complexity index is 527. The van der Waals surface area contributed by atoms with E-state index in [4.69, 9.17) is 9.47 Å². The highest BCUT2D eigenvalue weighted by Crippen LogP contribution is 2.32. The third-order valence-corrected chi connectivity index (χ3v) is 4.48. The van der Waals surface area contributed by atoms with Gasteiger partial charge in [-0.3, -0.25) is 9.79 Å². The predicted octanol–water partition coefficient (Wildman–Crippen LogP) is 3.99. The molecule has 0 aromatic heterocycles. The highest BCUT2D eigenvalue weighted by atomic mass is 16.5. The van der Waals surface area contributed by atoms with Crippen molar-refractivity contribution < 1.29 is 14.3 Å². The smallest absolute Gasteiger partial charge is 0.319 e. The van der Waals surface area contributed by atoms with E-state index in [0.717, 1.165) is 18.4 Å². The fraction of sp³-hybridized carbons (Fsp3) is 0.579. The topological polar surface area (TPSA) is 47.9 Å².